The topological polar surface area (TPSA) is 228 Å². The summed E-state index contributed by atoms with van der Waals surface area (Å²) in [6.45, 7) is 1.14. The lowest BCUT2D eigenvalue weighted by molar-refractivity contribution is -0.134. The van der Waals surface area contributed by atoms with Gasteiger partial charge in [0.25, 0.3) is 0 Å². The second kappa shape index (κ2) is 26.5. The molecule has 0 aliphatic rings. The molecule has 0 amide bonds. The maximum atomic E-state index is 13.2. The fraction of sp³-hybridized carbons (Fsp3) is 0.667. The molecule has 15 nitrogen and oxygen atoms in total. The van der Waals surface area contributed by atoms with E-state index in [9.17, 15) is 30.2 Å². The molecular weight excluding hydrogens is 763 g/mol. The van der Waals surface area contributed by atoms with Gasteiger partial charge in [0.2, 0.25) is 5.60 Å². The number of fused-ring (bicyclic) bond motifs is 1. The van der Waals surface area contributed by atoms with Gasteiger partial charge in [0, 0.05) is 7.11 Å². The van der Waals surface area contributed by atoms with Crippen LogP contribution < -0.4 is 10.5 Å². The van der Waals surface area contributed by atoms with Gasteiger partial charge in [-0.1, -0.05) is 122 Å². The zero-order valence-electron chi connectivity index (χ0n) is 34.6. The van der Waals surface area contributed by atoms with Gasteiger partial charge in [0.15, 0.2) is 5.82 Å². The molecule has 1 aromatic carbocycles. The van der Waals surface area contributed by atoms with Crippen LogP contribution in [0.15, 0.2) is 36.7 Å². The number of ether oxygens (including phenoxy) is 3. The molecule has 3 aromatic rings. The number of nitrogen functional groups attached to an aromatic ring is 1. The van der Waals surface area contributed by atoms with Crippen molar-refractivity contribution < 1.29 is 42.9 Å². The van der Waals surface area contributed by atoms with Crippen LogP contribution >= 0.6 is 7.82 Å². The summed E-state index contributed by atoms with van der Waals surface area (Å²) < 4.78 is 41.7. The summed E-state index contributed by atoms with van der Waals surface area (Å²) in [5.74, 6) is 0.540. The molecular formula is C42H65N6O9P. The average molecular weight is 829 g/mol. The summed E-state index contributed by atoms with van der Waals surface area (Å²) in [6, 6.07) is 11.9. The number of hydrogen-bond donors (Lipinski definition) is 4. The maximum Gasteiger partial charge on any atom is 0.472 e. The van der Waals surface area contributed by atoms with Crippen molar-refractivity contribution >= 4 is 19.2 Å². The van der Waals surface area contributed by atoms with Crippen LogP contribution in [0, 0.1) is 22.7 Å². The Hall–Kier alpha value is -3.63. The standard InChI is InChI=1S/C42H65N6O9P/c1-4-5-6-7-8-9-10-11-12-13-14-15-16-17-18-19-20-21-35(55-28-33-22-23-34(27-43)38(26-33)53-2)29-56-58(51,52)57-31-42(30-44,54-3)40(50)39(49)36-24-25-37-41(45)46-32-47-48(36)37/h22-26,32,35,39-40,49-50H,4-21,28-29,31H2,1-3H3,(H,51,52)(H2,45,46,47)/t35-,39+,40+,42?/m1/s1. The van der Waals surface area contributed by atoms with Gasteiger partial charge in [-0.05, 0) is 36.2 Å². The molecule has 0 radical (unpaired) electrons. The van der Waals surface area contributed by atoms with E-state index >= 15 is 0 Å². The van der Waals surface area contributed by atoms with Crippen LogP contribution in [0.1, 0.15) is 145 Å². The Kier molecular flexibility index (Phi) is 22.2. The summed E-state index contributed by atoms with van der Waals surface area (Å²) in [5, 5.41) is 45.7. The predicted octanol–water partition coefficient (Wildman–Crippen LogP) is 8.26. The van der Waals surface area contributed by atoms with Crippen LogP contribution in [0.2, 0.25) is 0 Å². The molecule has 3 rings (SSSR count). The molecule has 5 atom stereocenters. The van der Waals surface area contributed by atoms with E-state index < -0.39 is 38.3 Å². The number of anilines is 1. The molecule has 2 unspecified atom stereocenters. The first-order chi connectivity index (χ1) is 28.0. The fourth-order valence-corrected chi connectivity index (χ4v) is 7.64. The van der Waals surface area contributed by atoms with Crippen LogP contribution in [-0.4, -0.2) is 74.9 Å². The third-order valence-electron chi connectivity index (χ3n) is 10.5. The van der Waals surface area contributed by atoms with Crippen molar-refractivity contribution in [3.8, 4) is 17.9 Å². The number of rotatable bonds is 32. The van der Waals surface area contributed by atoms with Gasteiger partial charge in [-0.2, -0.15) is 15.6 Å². The summed E-state index contributed by atoms with van der Waals surface area (Å²) >= 11 is 0. The molecule has 16 heteroatoms. The van der Waals surface area contributed by atoms with Gasteiger partial charge >= 0.3 is 7.82 Å². The number of phosphoric ester groups is 1. The van der Waals surface area contributed by atoms with E-state index in [1.165, 1.54) is 114 Å². The summed E-state index contributed by atoms with van der Waals surface area (Å²) in [4.78, 5) is 14.6. The minimum absolute atomic E-state index is 0.0703. The quantitative estimate of drug-likeness (QED) is 0.0343. The van der Waals surface area contributed by atoms with E-state index in [0.717, 1.165) is 38.4 Å². The molecule has 0 aliphatic carbocycles. The van der Waals surface area contributed by atoms with Crippen molar-refractivity contribution in [2.24, 2.45) is 0 Å². The average Bonchev–Trinajstić information content (AvgIpc) is 3.68. The zero-order chi connectivity index (χ0) is 42.2. The second-order valence-corrected chi connectivity index (χ2v) is 16.3. The molecule has 0 fully saturated rings. The Labute approximate surface area is 344 Å². The molecule has 0 saturated heterocycles. The molecule has 0 spiro atoms. The van der Waals surface area contributed by atoms with Crippen molar-refractivity contribution in [2.75, 3.05) is 33.2 Å². The summed E-state index contributed by atoms with van der Waals surface area (Å²) in [5.41, 5.74) is 5.14. The van der Waals surface area contributed by atoms with E-state index in [-0.39, 0.29) is 24.7 Å². The van der Waals surface area contributed by atoms with Crippen molar-refractivity contribution in [3.63, 3.8) is 0 Å². The summed E-state index contributed by atoms with van der Waals surface area (Å²) in [7, 11) is -2.26. The minimum Gasteiger partial charge on any atom is -0.495 e. The van der Waals surface area contributed by atoms with E-state index in [1.807, 2.05) is 0 Å². The highest BCUT2D eigenvalue weighted by molar-refractivity contribution is 7.47. The van der Waals surface area contributed by atoms with Gasteiger partial charge in [0.05, 0.1) is 37.7 Å². The van der Waals surface area contributed by atoms with Crippen LogP contribution in [0.5, 0.6) is 5.75 Å². The number of phosphoric acid groups is 1. The van der Waals surface area contributed by atoms with Gasteiger partial charge in [-0.25, -0.2) is 14.1 Å². The van der Waals surface area contributed by atoms with Gasteiger partial charge < -0.3 is 35.1 Å². The molecule has 0 aliphatic heterocycles. The normalized spacial score (nSPS) is 15.2. The lowest BCUT2D eigenvalue weighted by Gasteiger charge is -2.33. The van der Waals surface area contributed by atoms with E-state index in [0.29, 0.717) is 23.3 Å². The van der Waals surface area contributed by atoms with Gasteiger partial charge in [0.1, 0.15) is 48.5 Å². The van der Waals surface area contributed by atoms with Crippen molar-refractivity contribution in [1.29, 1.82) is 10.5 Å². The Morgan fingerprint density at radius 1 is 0.879 bits per heavy atom. The van der Waals surface area contributed by atoms with Crippen LogP contribution in [-0.2, 0) is 29.7 Å². The van der Waals surface area contributed by atoms with Crippen LogP contribution in [0.4, 0.5) is 5.82 Å². The lowest BCUT2D eigenvalue weighted by Crippen LogP contribution is -2.50. The predicted molar refractivity (Wildman–Crippen MR) is 221 cm³/mol. The number of nitriles is 2. The number of aromatic nitrogens is 3. The Morgan fingerprint density at radius 2 is 1.48 bits per heavy atom. The number of aliphatic hydroxyl groups excluding tert-OH is 2. The molecule has 2 aromatic heterocycles. The Morgan fingerprint density at radius 3 is 2.03 bits per heavy atom. The van der Waals surface area contributed by atoms with Crippen LogP contribution in [0.3, 0.4) is 0 Å². The van der Waals surface area contributed by atoms with Gasteiger partial charge in [-0.15, -0.1) is 0 Å². The Bertz CT molecular complexity index is 1760. The number of aliphatic hydroxyl groups is 2. The van der Waals surface area contributed by atoms with E-state index in [1.54, 1.807) is 24.3 Å². The summed E-state index contributed by atoms with van der Waals surface area (Å²) in [6.07, 6.45) is 18.6. The molecule has 58 heavy (non-hydrogen) atoms. The number of nitrogens with two attached hydrogens (primary N) is 1. The van der Waals surface area contributed by atoms with Crippen molar-refractivity contribution in [3.05, 3.63) is 53.5 Å². The SMILES string of the molecule is CCCCCCCCCCCCCCCCCCC[C@H](COP(=O)(O)OCC(C#N)(OC)[C@@H](O)[C@@H](O)c1ccc2c(N)ncnn12)OCc1ccc(C#N)c(OC)c1. The van der Waals surface area contributed by atoms with Crippen LogP contribution in [0.25, 0.3) is 5.52 Å². The fourth-order valence-electron chi connectivity index (χ4n) is 6.86. The molecule has 0 bridgehead atoms. The largest absolute Gasteiger partial charge is 0.495 e. The monoisotopic (exact) mass is 828 g/mol. The highest BCUT2D eigenvalue weighted by Crippen LogP contribution is 2.45. The van der Waals surface area contributed by atoms with E-state index in [2.05, 4.69) is 23.1 Å². The molecule has 322 valence electrons. The highest BCUT2D eigenvalue weighted by atomic mass is 31.2. The first-order valence-corrected chi connectivity index (χ1v) is 22.2. The molecule has 0 saturated carbocycles. The van der Waals surface area contributed by atoms with Crippen molar-refractivity contribution in [1.82, 2.24) is 14.6 Å². The number of benzene rings is 1. The van der Waals surface area contributed by atoms with Crippen molar-refractivity contribution in [2.45, 2.75) is 153 Å². The lowest BCUT2D eigenvalue weighted by atomic mass is 9.93. The third kappa shape index (κ3) is 15.9. The molecule has 5 N–H and O–H groups in total. The smallest absolute Gasteiger partial charge is 0.472 e. The second-order valence-electron chi connectivity index (χ2n) is 14.9. The number of unbranched alkanes of at least 4 members (excludes halogenated alkanes) is 16. The highest BCUT2D eigenvalue weighted by Gasteiger charge is 2.46. The third-order valence-corrected chi connectivity index (χ3v) is 11.4. The minimum atomic E-state index is -4.84. The maximum absolute atomic E-state index is 13.2. The number of nitrogens with zero attached hydrogens (tertiary/aromatic N) is 5. The Balaban J connectivity index is 1.49. The zero-order valence-corrected chi connectivity index (χ0v) is 35.5. The number of methoxy groups -OCH3 is 2. The first kappa shape index (κ1) is 48.7. The molecule has 2 heterocycles. The number of hydrogen-bond acceptors (Lipinski definition) is 13. The van der Waals surface area contributed by atoms with Gasteiger partial charge in [-0.3, -0.25) is 9.05 Å². The van der Waals surface area contributed by atoms with E-state index in [4.69, 9.17) is 29.0 Å². The first-order valence-electron chi connectivity index (χ1n) is 20.8.